The van der Waals surface area contributed by atoms with Crippen LogP contribution in [0.15, 0.2) is 65.6 Å². The number of fused-ring (bicyclic) bond motifs is 1. The molecule has 11 heteroatoms. The number of methoxy groups -OCH3 is 1. The van der Waals surface area contributed by atoms with Gasteiger partial charge in [-0.1, -0.05) is 30.3 Å². The normalized spacial score (nSPS) is 16.4. The van der Waals surface area contributed by atoms with E-state index in [2.05, 4.69) is 4.98 Å². The summed E-state index contributed by atoms with van der Waals surface area (Å²) < 4.78 is 51.8. The summed E-state index contributed by atoms with van der Waals surface area (Å²) in [6.45, 7) is 1.55. The molecule has 0 spiro atoms. The Morgan fingerprint density at radius 3 is 2.57 bits per heavy atom. The van der Waals surface area contributed by atoms with Crippen LogP contribution in [-0.4, -0.2) is 53.2 Å². The summed E-state index contributed by atoms with van der Waals surface area (Å²) >= 11 is 1.98. The van der Waals surface area contributed by atoms with Crippen molar-refractivity contribution in [3.8, 4) is 11.1 Å². The van der Waals surface area contributed by atoms with E-state index < -0.39 is 23.7 Å². The molecule has 44 heavy (non-hydrogen) atoms. The summed E-state index contributed by atoms with van der Waals surface area (Å²) in [6, 6.07) is 15.8. The number of amides is 1. The lowest BCUT2D eigenvalue weighted by atomic mass is 9.90. The molecule has 1 aliphatic heterocycles. The number of hydrogen-bond donors (Lipinski definition) is 2. The predicted octanol–water partition coefficient (Wildman–Crippen LogP) is 6.32. The van der Waals surface area contributed by atoms with Crippen LogP contribution in [0.3, 0.4) is 0 Å². The van der Waals surface area contributed by atoms with Gasteiger partial charge >= 0.3 is 6.18 Å². The minimum absolute atomic E-state index is 0.106. The fourth-order valence-electron chi connectivity index (χ4n) is 6.28. The van der Waals surface area contributed by atoms with Gasteiger partial charge in [-0.25, -0.2) is 0 Å². The van der Waals surface area contributed by atoms with Gasteiger partial charge in [-0.2, -0.15) is 13.2 Å². The highest BCUT2D eigenvalue weighted by molar-refractivity contribution is 14.1. The second-order valence-corrected chi connectivity index (χ2v) is 12.5. The third-order valence-corrected chi connectivity index (χ3v) is 9.16. The summed E-state index contributed by atoms with van der Waals surface area (Å²) in [5, 5.41) is 0.227. The van der Waals surface area contributed by atoms with Crippen LogP contribution in [0.5, 0.6) is 0 Å². The van der Waals surface area contributed by atoms with Crippen LogP contribution in [0.1, 0.15) is 48.4 Å². The number of carbonyl (C=O) groups is 1. The number of aromatic amines is 1. The van der Waals surface area contributed by atoms with E-state index in [0.29, 0.717) is 54.5 Å². The lowest BCUT2D eigenvalue weighted by Crippen LogP contribution is -2.42. The molecule has 3 N–H and O–H groups in total. The van der Waals surface area contributed by atoms with Gasteiger partial charge in [0, 0.05) is 84.2 Å². The zero-order valence-corrected chi connectivity index (χ0v) is 26.7. The van der Waals surface area contributed by atoms with Gasteiger partial charge in [0.15, 0.2) is 0 Å². The van der Waals surface area contributed by atoms with Gasteiger partial charge in [-0.05, 0) is 83.2 Å². The van der Waals surface area contributed by atoms with E-state index in [1.54, 1.807) is 47.0 Å². The second-order valence-electron chi connectivity index (χ2n) is 11.4. The number of pyridine rings is 1. The van der Waals surface area contributed by atoms with E-state index >= 15 is 0 Å². The number of hydrogen-bond acceptors (Lipinski definition) is 4. The molecule has 1 unspecified atom stereocenters. The number of ether oxygens (including phenoxy) is 1. The van der Waals surface area contributed by atoms with Crippen molar-refractivity contribution in [3.63, 3.8) is 0 Å². The van der Waals surface area contributed by atoms with Crippen LogP contribution in [-0.2, 0) is 28.7 Å². The number of aromatic nitrogens is 2. The fourth-order valence-corrected chi connectivity index (χ4v) is 7.03. The topological polar surface area (TPSA) is 93.3 Å². The molecule has 1 aliphatic rings. The van der Waals surface area contributed by atoms with E-state index in [-0.39, 0.29) is 35.5 Å². The lowest BCUT2D eigenvalue weighted by molar-refractivity contribution is -0.137. The highest BCUT2D eigenvalue weighted by atomic mass is 127. The van der Waals surface area contributed by atoms with Gasteiger partial charge in [0.05, 0.1) is 5.56 Å². The van der Waals surface area contributed by atoms with Crippen molar-refractivity contribution in [2.45, 2.75) is 56.8 Å². The van der Waals surface area contributed by atoms with Crippen LogP contribution in [0.25, 0.3) is 22.0 Å². The van der Waals surface area contributed by atoms with Crippen LogP contribution >= 0.6 is 22.6 Å². The average Bonchev–Trinajstić information content (AvgIpc) is 3.34. The molecule has 0 saturated carbocycles. The quantitative estimate of drug-likeness (QED) is 0.148. The van der Waals surface area contributed by atoms with E-state index in [0.717, 1.165) is 16.7 Å². The van der Waals surface area contributed by atoms with Crippen LogP contribution in [0.2, 0.25) is 0 Å². The molecule has 0 bridgehead atoms. The maximum atomic E-state index is 14.7. The molecule has 1 fully saturated rings. The Labute approximate surface area is 267 Å². The van der Waals surface area contributed by atoms with Gasteiger partial charge in [0.1, 0.15) is 0 Å². The molecule has 1 amide bonds. The summed E-state index contributed by atoms with van der Waals surface area (Å²) in [5.74, 6) is -0.594. The first-order valence-corrected chi connectivity index (χ1v) is 15.8. The zero-order valence-electron chi connectivity index (χ0n) is 24.5. The molecule has 0 radical (unpaired) electrons. The monoisotopic (exact) mass is 720 g/mol. The molecular formula is C33H36F3IN4O3. The van der Waals surface area contributed by atoms with E-state index in [1.165, 1.54) is 6.07 Å². The van der Waals surface area contributed by atoms with Crippen molar-refractivity contribution in [3.05, 3.63) is 91.5 Å². The maximum Gasteiger partial charge on any atom is 0.418 e. The number of alkyl halides is 3. The van der Waals surface area contributed by atoms with E-state index in [1.807, 2.05) is 46.9 Å². The fraction of sp³-hybridized carbons (Fsp3) is 0.394. The minimum atomic E-state index is -4.54. The number of carbonyl (C=O) groups excluding carboxylic acids is 1. The van der Waals surface area contributed by atoms with E-state index in [4.69, 9.17) is 10.5 Å². The number of nitrogens with zero attached hydrogens (tertiary/aromatic N) is 2. The third kappa shape index (κ3) is 7.21. The SMILES string of the molecule is COCCCn1c(C2CCCN(C(=O)C[C@H](N)Cc3ccc(-c4ccc(=O)[nH]c4)cc3)C2)c(C(F)(F)F)c2c(I)cccc21. The Morgan fingerprint density at radius 1 is 1.14 bits per heavy atom. The number of nitrogens with one attached hydrogen (secondary N) is 1. The average molecular weight is 721 g/mol. The molecule has 2 aromatic heterocycles. The number of aryl methyl sites for hydroxylation is 1. The largest absolute Gasteiger partial charge is 0.418 e. The smallest absolute Gasteiger partial charge is 0.385 e. The maximum absolute atomic E-state index is 14.7. The second kappa shape index (κ2) is 13.9. The van der Waals surface area contributed by atoms with Crippen molar-refractivity contribution in [2.75, 3.05) is 26.8 Å². The number of benzene rings is 2. The van der Waals surface area contributed by atoms with Crippen LogP contribution in [0.4, 0.5) is 13.2 Å². The van der Waals surface area contributed by atoms with Gasteiger partial charge < -0.3 is 24.9 Å². The van der Waals surface area contributed by atoms with Crippen LogP contribution in [0, 0.1) is 3.57 Å². The molecule has 0 aliphatic carbocycles. The lowest BCUT2D eigenvalue weighted by Gasteiger charge is -2.35. The molecule has 3 heterocycles. The number of nitrogens with two attached hydrogens (primary N) is 1. The molecule has 2 atom stereocenters. The van der Waals surface area contributed by atoms with E-state index in [9.17, 15) is 22.8 Å². The molecular weight excluding hydrogens is 684 g/mol. The van der Waals surface area contributed by atoms with Gasteiger partial charge in [-0.3, -0.25) is 9.59 Å². The van der Waals surface area contributed by atoms with Crippen molar-refractivity contribution in [2.24, 2.45) is 5.73 Å². The molecule has 234 valence electrons. The van der Waals surface area contributed by atoms with Crippen LogP contribution < -0.4 is 11.3 Å². The molecule has 7 nitrogen and oxygen atoms in total. The summed E-state index contributed by atoms with van der Waals surface area (Å²) in [7, 11) is 1.58. The number of piperidine rings is 1. The Bertz CT molecular complexity index is 1650. The highest BCUT2D eigenvalue weighted by Gasteiger charge is 2.42. The number of likely N-dealkylation sites (tertiary alicyclic amines) is 1. The number of rotatable bonds is 10. The van der Waals surface area contributed by atoms with Crippen molar-refractivity contribution >= 4 is 39.4 Å². The first-order valence-electron chi connectivity index (χ1n) is 14.7. The van der Waals surface area contributed by atoms with Gasteiger partial charge in [0.25, 0.3) is 0 Å². The standard InChI is InChI=1S/C33H36F3IN4O3/c1-44-16-4-15-41-27-7-2-6-26(37)30(27)31(33(34,35)36)32(41)24-5-3-14-40(20-24)29(43)18-25(38)17-21-8-10-22(11-9-21)23-12-13-28(42)39-19-23/h2,6-13,19,24-25H,3-5,14-18,20,38H2,1H3,(H,39,42)/t24?,25-/m1/s1. The first-order chi connectivity index (χ1) is 21.1. The molecule has 1 saturated heterocycles. The highest BCUT2D eigenvalue weighted by Crippen LogP contribution is 2.45. The van der Waals surface area contributed by atoms with Gasteiger partial charge in [0.2, 0.25) is 11.5 Å². The molecule has 2 aromatic carbocycles. The Morgan fingerprint density at radius 2 is 1.89 bits per heavy atom. The van der Waals surface area contributed by atoms with Crippen molar-refractivity contribution in [1.29, 1.82) is 0 Å². The first kappa shape index (κ1) is 32.2. The Hall–Kier alpha value is -3.16. The number of H-pyrrole nitrogens is 1. The zero-order chi connectivity index (χ0) is 31.4. The molecule has 4 aromatic rings. The predicted molar refractivity (Wildman–Crippen MR) is 174 cm³/mol. The molecule has 5 rings (SSSR count). The summed E-state index contributed by atoms with van der Waals surface area (Å²) in [4.78, 5) is 29.1. The minimum Gasteiger partial charge on any atom is -0.385 e. The van der Waals surface area contributed by atoms with Gasteiger partial charge in [-0.15, -0.1) is 0 Å². The summed E-state index contributed by atoms with van der Waals surface area (Å²) in [5.41, 5.74) is 9.29. The van der Waals surface area contributed by atoms with Crippen molar-refractivity contribution in [1.82, 2.24) is 14.5 Å². The third-order valence-electron chi connectivity index (χ3n) is 8.26. The Kier molecular flexibility index (Phi) is 10.2. The number of halogens is 4. The van der Waals surface area contributed by atoms with Crippen molar-refractivity contribution < 1.29 is 22.7 Å². The summed E-state index contributed by atoms with van der Waals surface area (Å²) in [6.07, 6.45) is -0.529. The Balaban J connectivity index is 1.32.